The lowest BCUT2D eigenvalue weighted by molar-refractivity contribution is -0.170. The number of carbonyl (C=O) groups excluding carboxylic acids is 2. The van der Waals surface area contributed by atoms with Crippen LogP contribution in [0.1, 0.15) is 37.5 Å². The number of fused-ring (bicyclic) bond motifs is 1. The number of carbonyl (C=O) groups is 3. The lowest BCUT2D eigenvalue weighted by Crippen LogP contribution is -2.63. The Balaban J connectivity index is 1.60. The topological polar surface area (TPSA) is 83.9 Å². The predicted octanol–water partition coefficient (Wildman–Crippen LogP) is 3.47. The quantitative estimate of drug-likeness (QED) is 0.564. The summed E-state index contributed by atoms with van der Waals surface area (Å²) in [6, 6.07) is 18.2. The first-order valence-corrected chi connectivity index (χ1v) is 10.7. The van der Waals surface area contributed by atoms with Crippen molar-refractivity contribution in [3.8, 4) is 0 Å². The van der Waals surface area contributed by atoms with Crippen molar-refractivity contribution in [1.82, 2.24) is 4.90 Å². The van der Waals surface area contributed by atoms with Gasteiger partial charge in [0.05, 0.1) is 17.7 Å². The first-order valence-electron chi connectivity index (χ1n) is 9.82. The Hall–Kier alpha value is -2.80. The van der Waals surface area contributed by atoms with Crippen molar-refractivity contribution >= 4 is 29.6 Å². The minimum atomic E-state index is -1.01. The molecule has 0 radical (unpaired) electrons. The SMILES string of the molecule is CC1(C)S[C@@H]2[C@H](CC(=O)O)C(=O)N2[C@H]1C(=O)OC(c1ccccc1)c1ccccc1. The van der Waals surface area contributed by atoms with Crippen LogP contribution in [-0.4, -0.2) is 44.0 Å². The van der Waals surface area contributed by atoms with E-state index >= 15 is 0 Å². The highest BCUT2D eigenvalue weighted by Crippen LogP contribution is 2.54. The Morgan fingerprint density at radius 1 is 1.07 bits per heavy atom. The van der Waals surface area contributed by atoms with E-state index in [0.29, 0.717) is 0 Å². The number of amides is 1. The van der Waals surface area contributed by atoms with E-state index in [4.69, 9.17) is 9.84 Å². The highest BCUT2D eigenvalue weighted by atomic mass is 32.2. The minimum Gasteiger partial charge on any atom is -0.481 e. The summed E-state index contributed by atoms with van der Waals surface area (Å²) in [6.07, 6.45) is -0.812. The van der Waals surface area contributed by atoms with E-state index in [1.807, 2.05) is 74.5 Å². The summed E-state index contributed by atoms with van der Waals surface area (Å²) in [5.41, 5.74) is 1.69. The maximum Gasteiger partial charge on any atom is 0.331 e. The maximum atomic E-state index is 13.3. The number of aliphatic carboxylic acids is 1. The highest BCUT2D eigenvalue weighted by Gasteiger charge is 2.64. The van der Waals surface area contributed by atoms with Gasteiger partial charge in [0.1, 0.15) is 6.04 Å². The first kappa shape index (κ1) is 20.5. The van der Waals surface area contributed by atoms with E-state index in [-0.39, 0.29) is 17.7 Å². The molecule has 1 N–H and O–H groups in total. The van der Waals surface area contributed by atoms with Gasteiger partial charge in [-0.25, -0.2) is 4.79 Å². The molecule has 0 unspecified atom stereocenters. The maximum absolute atomic E-state index is 13.3. The molecule has 0 bridgehead atoms. The molecule has 30 heavy (non-hydrogen) atoms. The number of rotatable bonds is 6. The van der Waals surface area contributed by atoms with E-state index in [1.54, 1.807) is 0 Å². The second kappa shape index (κ2) is 7.80. The summed E-state index contributed by atoms with van der Waals surface area (Å²) in [6.45, 7) is 3.79. The van der Waals surface area contributed by atoms with Crippen LogP contribution in [0.5, 0.6) is 0 Å². The zero-order valence-electron chi connectivity index (χ0n) is 16.7. The van der Waals surface area contributed by atoms with Gasteiger partial charge >= 0.3 is 11.9 Å². The summed E-state index contributed by atoms with van der Waals surface area (Å²) in [4.78, 5) is 38.6. The molecule has 0 aromatic heterocycles. The third-order valence-electron chi connectivity index (χ3n) is 5.61. The van der Waals surface area contributed by atoms with Gasteiger partial charge in [-0.1, -0.05) is 60.7 Å². The third-order valence-corrected chi connectivity index (χ3v) is 7.24. The van der Waals surface area contributed by atoms with E-state index in [2.05, 4.69) is 0 Å². The summed E-state index contributed by atoms with van der Waals surface area (Å²) in [7, 11) is 0. The van der Waals surface area contributed by atoms with Gasteiger partial charge in [0, 0.05) is 4.75 Å². The molecule has 156 valence electrons. The monoisotopic (exact) mass is 425 g/mol. The standard InChI is InChI=1S/C23H23NO5S/c1-23(2)19(24-20(27)16(13-17(25)26)21(24)30-23)22(28)29-18(14-9-5-3-6-10-14)15-11-7-4-8-12-15/h3-12,16,18-19,21H,13H2,1-2H3,(H,25,26)/t16-,19+,21-/m1/s1. The molecule has 7 heteroatoms. The lowest BCUT2D eigenvalue weighted by atomic mass is 9.89. The molecule has 0 spiro atoms. The van der Waals surface area contributed by atoms with Gasteiger partial charge in [-0.05, 0) is 25.0 Å². The molecule has 2 saturated heterocycles. The smallest absolute Gasteiger partial charge is 0.331 e. The number of nitrogens with zero attached hydrogens (tertiary/aromatic N) is 1. The molecule has 4 rings (SSSR count). The van der Waals surface area contributed by atoms with Gasteiger partial charge < -0.3 is 14.7 Å². The fourth-order valence-electron chi connectivity index (χ4n) is 4.21. The number of hydrogen-bond donors (Lipinski definition) is 1. The highest BCUT2D eigenvalue weighted by molar-refractivity contribution is 8.01. The summed E-state index contributed by atoms with van der Waals surface area (Å²) < 4.78 is 5.42. The Morgan fingerprint density at radius 3 is 2.10 bits per heavy atom. The second-order valence-corrected chi connectivity index (χ2v) is 9.87. The van der Waals surface area contributed by atoms with Crippen LogP contribution in [0.2, 0.25) is 0 Å². The predicted molar refractivity (Wildman–Crippen MR) is 113 cm³/mol. The van der Waals surface area contributed by atoms with Crippen molar-refractivity contribution in [3.05, 3.63) is 71.8 Å². The lowest BCUT2D eigenvalue weighted by Gasteiger charge is -2.43. The molecule has 2 aliphatic rings. The van der Waals surface area contributed by atoms with Crippen LogP contribution in [0.15, 0.2) is 60.7 Å². The van der Waals surface area contributed by atoms with Crippen molar-refractivity contribution < 1.29 is 24.2 Å². The molecule has 6 nitrogen and oxygen atoms in total. The van der Waals surface area contributed by atoms with Gasteiger partial charge in [-0.15, -0.1) is 11.8 Å². The summed E-state index contributed by atoms with van der Waals surface area (Å²) in [5.74, 6) is -2.37. The van der Waals surface area contributed by atoms with Gasteiger partial charge in [0.2, 0.25) is 5.91 Å². The average Bonchev–Trinajstić information content (AvgIpc) is 2.99. The van der Waals surface area contributed by atoms with Gasteiger partial charge in [-0.3, -0.25) is 9.59 Å². The van der Waals surface area contributed by atoms with E-state index in [1.165, 1.54) is 16.7 Å². The molecule has 3 atom stereocenters. The first-order chi connectivity index (χ1) is 14.3. The fourth-order valence-corrected chi connectivity index (χ4v) is 5.89. The number of benzene rings is 2. The molecule has 2 heterocycles. The number of β-lactam (4-membered cyclic amide) rings is 1. The Kier molecular flexibility index (Phi) is 5.32. The van der Waals surface area contributed by atoms with Crippen molar-refractivity contribution in [2.75, 3.05) is 0 Å². The fraction of sp³-hybridized carbons (Fsp3) is 0.348. The molecule has 2 aliphatic heterocycles. The number of thioether (sulfide) groups is 1. The van der Waals surface area contributed by atoms with Crippen LogP contribution in [0, 0.1) is 5.92 Å². The van der Waals surface area contributed by atoms with E-state index < -0.39 is 34.7 Å². The normalized spacial score (nSPS) is 24.3. The minimum absolute atomic E-state index is 0.221. The Bertz CT molecular complexity index is 923. The molecule has 2 aromatic carbocycles. The molecular weight excluding hydrogens is 402 g/mol. The van der Waals surface area contributed by atoms with Gasteiger partial charge in [0.15, 0.2) is 6.10 Å². The molecule has 2 fully saturated rings. The number of hydrogen-bond acceptors (Lipinski definition) is 5. The van der Waals surface area contributed by atoms with Crippen LogP contribution < -0.4 is 0 Å². The zero-order chi connectivity index (χ0) is 21.5. The van der Waals surface area contributed by atoms with Crippen molar-refractivity contribution in [1.29, 1.82) is 0 Å². The molecule has 0 saturated carbocycles. The number of esters is 1. The molecule has 2 aromatic rings. The Labute approximate surface area is 179 Å². The van der Waals surface area contributed by atoms with E-state index in [0.717, 1.165) is 11.1 Å². The van der Waals surface area contributed by atoms with Crippen LogP contribution in [0.25, 0.3) is 0 Å². The van der Waals surface area contributed by atoms with Crippen LogP contribution in [0.4, 0.5) is 0 Å². The number of carboxylic acid groups (broad SMARTS) is 1. The van der Waals surface area contributed by atoms with Crippen LogP contribution in [0.3, 0.4) is 0 Å². The third kappa shape index (κ3) is 3.58. The molecule has 0 aliphatic carbocycles. The van der Waals surface area contributed by atoms with Crippen molar-refractivity contribution in [2.45, 2.75) is 42.5 Å². The van der Waals surface area contributed by atoms with Crippen molar-refractivity contribution in [2.24, 2.45) is 5.92 Å². The van der Waals surface area contributed by atoms with Gasteiger partial charge in [0.25, 0.3) is 0 Å². The Morgan fingerprint density at radius 2 is 1.60 bits per heavy atom. The second-order valence-electron chi connectivity index (χ2n) is 8.10. The zero-order valence-corrected chi connectivity index (χ0v) is 17.5. The summed E-state index contributed by atoms with van der Waals surface area (Å²) in [5, 5.41) is 8.78. The van der Waals surface area contributed by atoms with Crippen LogP contribution >= 0.6 is 11.8 Å². The largest absolute Gasteiger partial charge is 0.481 e. The molecular formula is C23H23NO5S. The van der Waals surface area contributed by atoms with Crippen LogP contribution in [-0.2, 0) is 19.1 Å². The molecule has 1 amide bonds. The van der Waals surface area contributed by atoms with Crippen molar-refractivity contribution in [3.63, 3.8) is 0 Å². The van der Waals surface area contributed by atoms with Gasteiger partial charge in [-0.2, -0.15) is 0 Å². The average molecular weight is 426 g/mol. The number of carboxylic acids is 1. The summed E-state index contributed by atoms with van der Waals surface area (Å²) >= 11 is 1.47. The number of ether oxygens (including phenoxy) is 1. The van der Waals surface area contributed by atoms with E-state index in [9.17, 15) is 14.4 Å².